The van der Waals surface area contributed by atoms with Crippen molar-refractivity contribution in [2.24, 2.45) is 5.92 Å². The zero-order valence-electron chi connectivity index (χ0n) is 9.60. The third-order valence-corrected chi connectivity index (χ3v) is 3.82. The molecule has 0 amide bonds. The van der Waals surface area contributed by atoms with Crippen LogP contribution in [-0.2, 0) is 5.54 Å². The number of nitrogen functional groups attached to an aromatic ring is 1. The molecule has 0 saturated heterocycles. The molecule has 5 nitrogen and oxygen atoms in total. The molecule has 0 atom stereocenters. The fraction of sp³-hybridized carbons (Fsp3) is 0.455. The van der Waals surface area contributed by atoms with Crippen LogP contribution >= 0.6 is 0 Å². The maximum atomic E-state index is 11.7. The molecule has 6 heteroatoms. The minimum atomic E-state index is -1.34. The van der Waals surface area contributed by atoms with E-state index in [1.54, 1.807) is 0 Å². The van der Waals surface area contributed by atoms with Gasteiger partial charge in [0.05, 0.1) is 5.97 Å². The summed E-state index contributed by atoms with van der Waals surface area (Å²) in [6.07, 6.45) is 4.26. The van der Waals surface area contributed by atoms with Crippen LogP contribution in [0.5, 0.6) is 0 Å². The molecule has 1 heterocycles. The van der Waals surface area contributed by atoms with Gasteiger partial charge in [0.15, 0.2) is 0 Å². The molecule has 3 saturated carbocycles. The van der Waals surface area contributed by atoms with Crippen molar-refractivity contribution < 1.29 is 28.8 Å². The molecule has 0 unspecified atom stereocenters. The Morgan fingerprint density at radius 2 is 2.06 bits per heavy atom. The number of carboxylic acid groups (broad SMARTS) is 1. The Balaban J connectivity index is 0.00000108. The van der Waals surface area contributed by atoms with Gasteiger partial charge in [0.2, 0.25) is 0 Å². The molecule has 2 N–H and O–H groups in total. The Hall–Kier alpha value is -1.18. The van der Waals surface area contributed by atoms with Crippen molar-refractivity contribution >= 4 is 11.7 Å². The van der Waals surface area contributed by atoms with Gasteiger partial charge in [-0.05, 0) is 25.2 Å². The number of rotatable bonds is 2. The van der Waals surface area contributed by atoms with E-state index in [-0.39, 0.29) is 41.2 Å². The van der Waals surface area contributed by atoms with E-state index in [9.17, 15) is 14.7 Å². The van der Waals surface area contributed by atoms with Crippen LogP contribution in [0.15, 0.2) is 17.1 Å². The first kappa shape index (κ1) is 12.3. The summed E-state index contributed by atoms with van der Waals surface area (Å²) in [5.41, 5.74) is 5.01. The van der Waals surface area contributed by atoms with Gasteiger partial charge in [0.1, 0.15) is 0 Å². The Bertz CT molecular complexity index is 535. The van der Waals surface area contributed by atoms with Crippen molar-refractivity contribution in [1.29, 1.82) is 0 Å². The maximum Gasteiger partial charge on any atom is 1.00 e. The predicted octanol–water partition coefficient (Wildman–Crippen LogP) is -3.69. The third-order valence-electron chi connectivity index (χ3n) is 3.82. The van der Waals surface area contributed by atoms with E-state index in [4.69, 9.17) is 5.73 Å². The third kappa shape index (κ3) is 1.54. The summed E-state index contributed by atoms with van der Waals surface area (Å²) in [5, 5.41) is 10.8. The average molecular weight is 226 g/mol. The van der Waals surface area contributed by atoms with Gasteiger partial charge in [0.25, 0.3) is 5.56 Å². The second-order valence-corrected chi connectivity index (χ2v) is 4.84. The van der Waals surface area contributed by atoms with Gasteiger partial charge in [-0.15, -0.1) is 0 Å². The number of carboxylic acids is 1. The smallest absolute Gasteiger partial charge is 0.545 e. The van der Waals surface area contributed by atoms with Crippen molar-refractivity contribution in [1.82, 2.24) is 4.57 Å². The fourth-order valence-electron chi connectivity index (χ4n) is 2.82. The zero-order valence-corrected chi connectivity index (χ0v) is 9.60. The summed E-state index contributed by atoms with van der Waals surface area (Å²) in [5.74, 6) is -0.617. The standard InChI is InChI=1S/C11H12N2O3.Li/c12-8-1-9(14)13(5-7(8)10(15)16)11-2-6(3-11)4-11;/h1,5-6H,2-4,12H2,(H,15,16);/q;+1/p-1. The SMILES string of the molecule is Nc1cc(=O)n(C23CC(C2)C3)cc1C(=O)[O-].[Li+]. The van der Waals surface area contributed by atoms with Gasteiger partial charge < -0.3 is 20.2 Å². The summed E-state index contributed by atoms with van der Waals surface area (Å²) in [7, 11) is 0. The average Bonchev–Trinajstić information content (AvgIpc) is 2.03. The van der Waals surface area contributed by atoms with Crippen LogP contribution in [0.4, 0.5) is 5.69 Å². The van der Waals surface area contributed by atoms with Crippen molar-refractivity contribution in [2.75, 3.05) is 5.73 Å². The number of nitrogens with zero attached hydrogens (tertiary/aromatic N) is 1. The number of anilines is 1. The molecule has 3 aliphatic carbocycles. The summed E-state index contributed by atoms with van der Waals surface area (Å²) in [6.45, 7) is 0. The van der Waals surface area contributed by atoms with Gasteiger partial charge in [-0.1, -0.05) is 0 Å². The first-order chi connectivity index (χ1) is 7.52. The molecule has 4 rings (SSSR count). The van der Waals surface area contributed by atoms with Crippen LogP contribution in [0.25, 0.3) is 0 Å². The maximum absolute atomic E-state index is 11.7. The summed E-state index contributed by atoms with van der Waals surface area (Å²) in [4.78, 5) is 22.6. The largest absolute Gasteiger partial charge is 1.00 e. The van der Waals surface area contributed by atoms with Crippen LogP contribution in [0.2, 0.25) is 0 Å². The molecule has 1 aromatic heterocycles. The number of aromatic carboxylic acids is 1. The Morgan fingerprint density at radius 1 is 1.47 bits per heavy atom. The van der Waals surface area contributed by atoms with Crippen molar-refractivity contribution in [3.05, 3.63) is 28.2 Å². The van der Waals surface area contributed by atoms with E-state index in [1.807, 2.05) is 0 Å². The van der Waals surface area contributed by atoms with E-state index in [1.165, 1.54) is 16.8 Å². The van der Waals surface area contributed by atoms with Crippen molar-refractivity contribution in [3.63, 3.8) is 0 Å². The van der Waals surface area contributed by atoms with Crippen molar-refractivity contribution in [3.8, 4) is 0 Å². The number of carbonyl (C=O) groups is 1. The Kier molecular flexibility index (Phi) is 2.64. The molecule has 0 spiro atoms. The number of hydrogen-bond donors (Lipinski definition) is 1. The molecule has 3 aliphatic rings. The van der Waals surface area contributed by atoms with Gasteiger partial charge >= 0.3 is 18.9 Å². The van der Waals surface area contributed by atoms with Crippen LogP contribution in [-0.4, -0.2) is 10.5 Å². The quantitative estimate of drug-likeness (QED) is 0.526. The second kappa shape index (κ2) is 3.66. The van der Waals surface area contributed by atoms with Gasteiger partial charge in [0, 0.05) is 29.1 Å². The van der Waals surface area contributed by atoms with E-state index in [0.717, 1.165) is 25.2 Å². The number of carbonyl (C=O) groups excluding carboxylic acids is 1. The molecule has 17 heavy (non-hydrogen) atoms. The molecule has 1 aromatic rings. The summed E-state index contributed by atoms with van der Waals surface area (Å²) in [6, 6.07) is 1.17. The van der Waals surface area contributed by atoms with E-state index >= 15 is 0 Å². The molecule has 0 radical (unpaired) electrons. The van der Waals surface area contributed by atoms with E-state index in [0.29, 0.717) is 0 Å². The van der Waals surface area contributed by atoms with Gasteiger partial charge in [-0.2, -0.15) is 0 Å². The number of hydrogen-bond acceptors (Lipinski definition) is 4. The molecular formula is C11H11LiN2O3. The molecule has 0 aliphatic heterocycles. The Labute approximate surface area is 110 Å². The normalized spacial score (nSPS) is 28.6. The zero-order chi connectivity index (χ0) is 11.5. The van der Waals surface area contributed by atoms with E-state index in [2.05, 4.69) is 0 Å². The summed E-state index contributed by atoms with van der Waals surface area (Å²) >= 11 is 0. The van der Waals surface area contributed by atoms with Crippen LogP contribution in [0.3, 0.4) is 0 Å². The first-order valence-electron chi connectivity index (χ1n) is 5.26. The molecular weight excluding hydrogens is 215 g/mol. The fourth-order valence-corrected chi connectivity index (χ4v) is 2.82. The molecule has 0 aromatic carbocycles. The van der Waals surface area contributed by atoms with Crippen LogP contribution in [0.1, 0.15) is 29.6 Å². The summed E-state index contributed by atoms with van der Waals surface area (Å²) < 4.78 is 1.52. The minimum absolute atomic E-state index is 0. The minimum Gasteiger partial charge on any atom is -0.545 e. The number of aromatic nitrogens is 1. The van der Waals surface area contributed by atoms with Gasteiger partial charge in [-0.3, -0.25) is 4.79 Å². The van der Waals surface area contributed by atoms with Crippen LogP contribution < -0.4 is 35.3 Å². The van der Waals surface area contributed by atoms with E-state index < -0.39 is 5.97 Å². The molecule has 84 valence electrons. The topological polar surface area (TPSA) is 88.2 Å². The number of pyridine rings is 1. The monoisotopic (exact) mass is 226 g/mol. The predicted molar refractivity (Wildman–Crippen MR) is 54.8 cm³/mol. The van der Waals surface area contributed by atoms with Crippen molar-refractivity contribution in [2.45, 2.75) is 24.8 Å². The van der Waals surface area contributed by atoms with Gasteiger partial charge in [-0.25, -0.2) is 0 Å². The van der Waals surface area contributed by atoms with Crippen LogP contribution in [0, 0.1) is 5.92 Å². The first-order valence-corrected chi connectivity index (χ1v) is 5.26. The second-order valence-electron chi connectivity index (χ2n) is 4.84. The molecule has 3 fully saturated rings. The molecule has 2 bridgehead atoms. The Morgan fingerprint density at radius 3 is 2.47 bits per heavy atom. The number of nitrogens with two attached hydrogens (primary N) is 1.